The number of sulfonamides is 1. The summed E-state index contributed by atoms with van der Waals surface area (Å²) in [4.78, 5) is 5.52. The van der Waals surface area contributed by atoms with Crippen LogP contribution < -0.4 is 4.90 Å². The van der Waals surface area contributed by atoms with Crippen LogP contribution in [-0.4, -0.2) is 43.9 Å². The number of hydrogen-bond acceptors (Lipinski definition) is 5. The Morgan fingerprint density at radius 3 is 2.20 bits per heavy atom. The van der Waals surface area contributed by atoms with Crippen LogP contribution in [0.1, 0.15) is 11.3 Å². The molecule has 1 aromatic carbocycles. The maximum absolute atomic E-state index is 12.6. The van der Waals surface area contributed by atoms with Crippen molar-refractivity contribution in [3.63, 3.8) is 0 Å². The van der Waals surface area contributed by atoms with E-state index in [1.165, 1.54) is 4.31 Å². The summed E-state index contributed by atoms with van der Waals surface area (Å²) in [6.07, 6.45) is -4.47. The summed E-state index contributed by atoms with van der Waals surface area (Å²) in [7, 11) is -3.59. The Kier molecular flexibility index (Phi) is 4.78. The Bertz CT molecular complexity index is 840. The molecule has 2 aromatic rings. The molecule has 1 aliphatic rings. The first-order valence-corrected chi connectivity index (χ1v) is 9.84. The van der Waals surface area contributed by atoms with Crippen LogP contribution in [0.15, 0.2) is 34.5 Å². The van der Waals surface area contributed by atoms with Gasteiger partial charge in [0.1, 0.15) is 0 Å². The highest BCUT2D eigenvalue weighted by molar-refractivity contribution is 7.89. The predicted octanol–water partition coefficient (Wildman–Crippen LogP) is 2.98. The highest BCUT2D eigenvalue weighted by atomic mass is 32.2. The molecule has 0 radical (unpaired) electrons. The van der Waals surface area contributed by atoms with Crippen molar-refractivity contribution >= 4 is 26.5 Å². The van der Waals surface area contributed by atoms with Crippen molar-refractivity contribution in [1.82, 2.24) is 9.29 Å². The number of aryl methyl sites for hydroxylation is 1. The third-order valence-corrected chi connectivity index (χ3v) is 6.76. The zero-order valence-electron chi connectivity index (χ0n) is 13.3. The first-order chi connectivity index (χ1) is 11.7. The van der Waals surface area contributed by atoms with Crippen molar-refractivity contribution in [2.75, 3.05) is 31.1 Å². The number of halogens is 3. The summed E-state index contributed by atoms with van der Waals surface area (Å²) in [6, 6.07) is 6.59. The molecule has 25 heavy (non-hydrogen) atoms. The lowest BCUT2D eigenvalue weighted by Gasteiger charge is -2.33. The molecule has 1 saturated heterocycles. The smallest absolute Gasteiger partial charge is 0.345 e. The second kappa shape index (κ2) is 6.58. The van der Waals surface area contributed by atoms with Gasteiger partial charge in [-0.05, 0) is 19.1 Å². The average molecular weight is 391 g/mol. The number of aromatic nitrogens is 1. The lowest BCUT2D eigenvalue weighted by atomic mass is 10.2. The normalized spacial score (nSPS) is 17.0. The molecule has 5 nitrogen and oxygen atoms in total. The van der Waals surface area contributed by atoms with Gasteiger partial charge in [-0.2, -0.15) is 17.5 Å². The van der Waals surface area contributed by atoms with Gasteiger partial charge in [0.25, 0.3) is 0 Å². The van der Waals surface area contributed by atoms with Crippen molar-refractivity contribution in [3.8, 4) is 0 Å². The van der Waals surface area contributed by atoms with Gasteiger partial charge in [0, 0.05) is 31.6 Å². The van der Waals surface area contributed by atoms with E-state index in [-0.39, 0.29) is 23.1 Å². The molecule has 0 atom stereocenters. The van der Waals surface area contributed by atoms with Crippen LogP contribution in [0.3, 0.4) is 0 Å². The van der Waals surface area contributed by atoms with Crippen LogP contribution in [-0.2, 0) is 16.2 Å². The van der Waals surface area contributed by atoms with Crippen LogP contribution in [0.4, 0.5) is 18.3 Å². The van der Waals surface area contributed by atoms with Gasteiger partial charge in [0.15, 0.2) is 10.8 Å². The maximum Gasteiger partial charge on any atom is 0.434 e. The van der Waals surface area contributed by atoms with Gasteiger partial charge in [0.2, 0.25) is 10.0 Å². The summed E-state index contributed by atoms with van der Waals surface area (Å²) in [5, 5.41) is 1.24. The van der Waals surface area contributed by atoms with Gasteiger partial charge in [-0.15, -0.1) is 11.3 Å². The molecule has 0 saturated carbocycles. The summed E-state index contributed by atoms with van der Waals surface area (Å²) < 4.78 is 64.5. The highest BCUT2D eigenvalue weighted by Gasteiger charge is 2.35. The quantitative estimate of drug-likeness (QED) is 0.807. The van der Waals surface area contributed by atoms with E-state index in [1.54, 1.807) is 29.2 Å². The SMILES string of the molecule is Cc1ccc(S(=O)(=O)N2CCN(c3nc(C(F)(F)F)cs3)CC2)cc1. The van der Waals surface area contributed by atoms with Crippen molar-refractivity contribution < 1.29 is 21.6 Å². The number of alkyl halides is 3. The van der Waals surface area contributed by atoms with E-state index in [2.05, 4.69) is 4.98 Å². The van der Waals surface area contributed by atoms with Crippen molar-refractivity contribution in [1.29, 1.82) is 0 Å². The summed E-state index contributed by atoms with van der Waals surface area (Å²) in [5.74, 6) is 0. The molecule has 0 aliphatic carbocycles. The minimum absolute atomic E-state index is 0.205. The number of piperazine rings is 1. The number of thiazole rings is 1. The Morgan fingerprint density at radius 2 is 1.68 bits per heavy atom. The van der Waals surface area contributed by atoms with Gasteiger partial charge < -0.3 is 4.90 Å². The molecule has 0 amide bonds. The molecule has 136 valence electrons. The molecular weight excluding hydrogens is 375 g/mol. The molecule has 1 fully saturated rings. The zero-order valence-corrected chi connectivity index (χ0v) is 15.0. The first kappa shape index (κ1) is 18.2. The van der Waals surface area contributed by atoms with Gasteiger partial charge >= 0.3 is 6.18 Å². The molecule has 0 bridgehead atoms. The summed E-state index contributed by atoms with van der Waals surface area (Å²) in [6.45, 7) is 2.89. The van der Waals surface area contributed by atoms with E-state index < -0.39 is 21.9 Å². The Balaban J connectivity index is 1.69. The lowest BCUT2D eigenvalue weighted by molar-refractivity contribution is -0.140. The molecule has 2 heterocycles. The molecule has 3 rings (SSSR count). The molecule has 1 aromatic heterocycles. The van der Waals surface area contributed by atoms with E-state index in [1.807, 2.05) is 6.92 Å². The molecule has 0 N–H and O–H groups in total. The zero-order chi connectivity index (χ0) is 18.2. The van der Waals surface area contributed by atoms with E-state index in [0.29, 0.717) is 13.1 Å². The van der Waals surface area contributed by atoms with Gasteiger partial charge in [-0.1, -0.05) is 17.7 Å². The number of hydrogen-bond donors (Lipinski definition) is 0. The standard InChI is InChI=1S/C15H16F3N3O2S2/c1-11-2-4-12(5-3-11)25(22,23)21-8-6-20(7-9-21)14-19-13(10-24-14)15(16,17)18/h2-5,10H,6-9H2,1H3. The van der Waals surface area contributed by atoms with E-state index in [9.17, 15) is 21.6 Å². The monoisotopic (exact) mass is 391 g/mol. The third-order valence-electron chi connectivity index (χ3n) is 3.95. The maximum atomic E-state index is 12.6. The van der Waals surface area contributed by atoms with E-state index in [4.69, 9.17) is 0 Å². The Labute approximate surface area is 147 Å². The fourth-order valence-corrected chi connectivity index (χ4v) is 4.83. The molecule has 10 heteroatoms. The molecule has 0 unspecified atom stereocenters. The fourth-order valence-electron chi connectivity index (χ4n) is 2.52. The molecule has 0 spiro atoms. The van der Waals surface area contributed by atoms with Crippen LogP contribution in [0.25, 0.3) is 0 Å². The Morgan fingerprint density at radius 1 is 1.08 bits per heavy atom. The molecule has 1 aliphatic heterocycles. The van der Waals surface area contributed by atoms with Crippen LogP contribution in [0, 0.1) is 6.92 Å². The van der Waals surface area contributed by atoms with Gasteiger partial charge in [-0.3, -0.25) is 0 Å². The first-order valence-electron chi connectivity index (χ1n) is 7.52. The second-order valence-electron chi connectivity index (χ2n) is 5.72. The number of rotatable bonds is 3. The summed E-state index contributed by atoms with van der Waals surface area (Å²) >= 11 is 0.916. The number of anilines is 1. The number of nitrogens with zero attached hydrogens (tertiary/aromatic N) is 3. The number of benzene rings is 1. The summed E-state index contributed by atoms with van der Waals surface area (Å²) in [5.41, 5.74) is 0.0511. The topological polar surface area (TPSA) is 53.5 Å². The van der Waals surface area contributed by atoms with Gasteiger partial charge in [0.05, 0.1) is 4.90 Å². The largest absolute Gasteiger partial charge is 0.434 e. The predicted molar refractivity (Wildman–Crippen MR) is 89.3 cm³/mol. The lowest BCUT2D eigenvalue weighted by Crippen LogP contribution is -2.48. The van der Waals surface area contributed by atoms with Crippen LogP contribution in [0.2, 0.25) is 0 Å². The third kappa shape index (κ3) is 3.80. The minimum Gasteiger partial charge on any atom is -0.345 e. The van der Waals surface area contributed by atoms with E-state index in [0.717, 1.165) is 22.3 Å². The van der Waals surface area contributed by atoms with Crippen molar-refractivity contribution in [3.05, 3.63) is 40.9 Å². The average Bonchev–Trinajstić information content (AvgIpc) is 3.06. The highest BCUT2D eigenvalue weighted by Crippen LogP contribution is 2.33. The van der Waals surface area contributed by atoms with Gasteiger partial charge in [-0.25, -0.2) is 13.4 Å². The Hall–Kier alpha value is -1.65. The van der Waals surface area contributed by atoms with Crippen LogP contribution >= 0.6 is 11.3 Å². The minimum atomic E-state index is -4.47. The van der Waals surface area contributed by atoms with Crippen molar-refractivity contribution in [2.45, 2.75) is 18.0 Å². The molecular formula is C15H16F3N3O2S2. The van der Waals surface area contributed by atoms with Crippen molar-refractivity contribution in [2.24, 2.45) is 0 Å². The fraction of sp³-hybridized carbons (Fsp3) is 0.400. The van der Waals surface area contributed by atoms with Crippen LogP contribution in [0.5, 0.6) is 0 Å². The second-order valence-corrected chi connectivity index (χ2v) is 8.49. The van der Waals surface area contributed by atoms with E-state index >= 15 is 0 Å².